The van der Waals surface area contributed by atoms with E-state index in [-0.39, 0.29) is 11.3 Å². The molecule has 3 amide bonds. The largest absolute Gasteiger partial charge is 0.480 e. The first-order valence-electron chi connectivity index (χ1n) is 4.66. The lowest BCUT2D eigenvalue weighted by molar-refractivity contribution is -0.135. The number of aliphatic carboxylic acids is 1. The third-order valence-electron chi connectivity index (χ3n) is 1.83. The number of hydrogen-bond acceptors (Lipinski definition) is 3. The van der Waals surface area contributed by atoms with Crippen molar-refractivity contribution >= 4 is 23.6 Å². The average Bonchev–Trinajstić information content (AvgIpc) is 2.25. The summed E-state index contributed by atoms with van der Waals surface area (Å²) in [6.45, 7) is -0.496. The van der Waals surface area contributed by atoms with Crippen LogP contribution in [0.2, 0.25) is 0 Å². The molecule has 0 bridgehead atoms. The number of carboxylic acids is 1. The van der Waals surface area contributed by atoms with E-state index in [2.05, 4.69) is 10.6 Å². The van der Waals surface area contributed by atoms with Gasteiger partial charge in [0.1, 0.15) is 6.54 Å². The smallest absolute Gasteiger partial charge is 0.322 e. The van der Waals surface area contributed by atoms with Gasteiger partial charge in [0.25, 0.3) is 5.91 Å². The molecule has 0 unspecified atom stereocenters. The number of nitrogens with one attached hydrogen (secondary N) is 2. The van der Waals surface area contributed by atoms with Crippen molar-refractivity contribution < 1.29 is 19.5 Å². The summed E-state index contributed by atoms with van der Waals surface area (Å²) in [5.41, 5.74) is 5.31. The van der Waals surface area contributed by atoms with Gasteiger partial charge in [-0.3, -0.25) is 9.59 Å². The number of para-hydroxylation sites is 1. The molecule has 0 spiro atoms. The Morgan fingerprint density at radius 1 is 1.24 bits per heavy atom. The van der Waals surface area contributed by atoms with Gasteiger partial charge in [-0.05, 0) is 12.1 Å². The van der Waals surface area contributed by atoms with Gasteiger partial charge in [0, 0.05) is 0 Å². The van der Waals surface area contributed by atoms with E-state index in [1.165, 1.54) is 12.1 Å². The van der Waals surface area contributed by atoms with Crippen molar-refractivity contribution in [3.05, 3.63) is 29.8 Å². The van der Waals surface area contributed by atoms with E-state index in [1.54, 1.807) is 12.1 Å². The summed E-state index contributed by atoms with van der Waals surface area (Å²) in [4.78, 5) is 32.6. The van der Waals surface area contributed by atoms with Crippen molar-refractivity contribution in [2.45, 2.75) is 0 Å². The number of carboxylic acid groups (broad SMARTS) is 1. The molecule has 0 aliphatic rings. The molecule has 0 aliphatic carbocycles. The van der Waals surface area contributed by atoms with Crippen LogP contribution in [0.15, 0.2) is 24.3 Å². The number of hydrogen-bond donors (Lipinski definition) is 4. The fourth-order valence-corrected chi connectivity index (χ4v) is 1.17. The molecular weight excluding hydrogens is 226 g/mol. The van der Waals surface area contributed by atoms with Crippen molar-refractivity contribution in [2.24, 2.45) is 5.73 Å². The third kappa shape index (κ3) is 3.82. The zero-order valence-corrected chi connectivity index (χ0v) is 8.77. The molecule has 1 rings (SSSR count). The number of carbonyl (C=O) groups is 3. The van der Waals surface area contributed by atoms with Crippen LogP contribution >= 0.6 is 0 Å². The van der Waals surface area contributed by atoms with Crippen LogP contribution in [0.4, 0.5) is 10.5 Å². The zero-order chi connectivity index (χ0) is 12.8. The van der Waals surface area contributed by atoms with E-state index in [0.717, 1.165) is 0 Å². The second-order valence-corrected chi connectivity index (χ2v) is 3.11. The average molecular weight is 237 g/mol. The van der Waals surface area contributed by atoms with Crippen LogP contribution in [0.25, 0.3) is 0 Å². The quantitative estimate of drug-likeness (QED) is 0.588. The van der Waals surface area contributed by atoms with Gasteiger partial charge in [-0.15, -0.1) is 0 Å². The Balaban J connectivity index is 2.85. The minimum Gasteiger partial charge on any atom is -0.480 e. The molecular formula is C10H11N3O4. The molecule has 90 valence electrons. The zero-order valence-electron chi connectivity index (χ0n) is 8.77. The summed E-state index contributed by atoms with van der Waals surface area (Å²) in [5, 5.41) is 12.9. The lowest BCUT2D eigenvalue weighted by Crippen LogP contribution is -2.30. The van der Waals surface area contributed by atoms with E-state index in [0.29, 0.717) is 0 Å². The summed E-state index contributed by atoms with van der Waals surface area (Å²) < 4.78 is 0. The Bertz CT molecular complexity index is 459. The molecule has 0 radical (unpaired) electrons. The van der Waals surface area contributed by atoms with Crippen LogP contribution in [0, 0.1) is 0 Å². The number of primary amides is 1. The van der Waals surface area contributed by atoms with Gasteiger partial charge in [0.2, 0.25) is 0 Å². The first-order valence-corrected chi connectivity index (χ1v) is 4.66. The number of urea groups is 1. The Hall–Kier alpha value is -2.57. The molecule has 0 heterocycles. The molecule has 1 aromatic carbocycles. The van der Waals surface area contributed by atoms with Gasteiger partial charge in [0.15, 0.2) is 0 Å². The van der Waals surface area contributed by atoms with Gasteiger partial charge in [-0.1, -0.05) is 12.1 Å². The van der Waals surface area contributed by atoms with Crippen LogP contribution in [0.5, 0.6) is 0 Å². The fourth-order valence-electron chi connectivity index (χ4n) is 1.17. The number of amides is 3. The van der Waals surface area contributed by atoms with Crippen LogP contribution in [-0.2, 0) is 4.79 Å². The number of carbonyl (C=O) groups excluding carboxylic acids is 2. The van der Waals surface area contributed by atoms with E-state index in [9.17, 15) is 14.4 Å². The Labute approximate surface area is 96.6 Å². The van der Waals surface area contributed by atoms with Crippen LogP contribution in [0.3, 0.4) is 0 Å². The molecule has 1 aromatic rings. The highest BCUT2D eigenvalue weighted by Gasteiger charge is 2.12. The lowest BCUT2D eigenvalue weighted by Gasteiger charge is -2.08. The molecule has 0 aliphatic heterocycles. The first kappa shape index (κ1) is 12.5. The Morgan fingerprint density at radius 3 is 2.47 bits per heavy atom. The van der Waals surface area contributed by atoms with Crippen LogP contribution < -0.4 is 16.4 Å². The highest BCUT2D eigenvalue weighted by molar-refractivity contribution is 6.03. The second kappa shape index (κ2) is 5.50. The summed E-state index contributed by atoms with van der Waals surface area (Å²) in [5.74, 6) is -1.75. The summed E-state index contributed by atoms with van der Waals surface area (Å²) in [6, 6.07) is 5.33. The Kier molecular flexibility index (Phi) is 4.04. The fraction of sp³-hybridized carbons (Fsp3) is 0.100. The van der Waals surface area contributed by atoms with E-state index in [4.69, 9.17) is 10.8 Å². The Morgan fingerprint density at radius 2 is 1.88 bits per heavy atom. The highest BCUT2D eigenvalue weighted by atomic mass is 16.4. The van der Waals surface area contributed by atoms with Crippen molar-refractivity contribution in [1.29, 1.82) is 0 Å². The van der Waals surface area contributed by atoms with Crippen molar-refractivity contribution in [3.63, 3.8) is 0 Å². The van der Waals surface area contributed by atoms with Gasteiger partial charge in [-0.25, -0.2) is 4.79 Å². The predicted molar refractivity (Wildman–Crippen MR) is 59.6 cm³/mol. The molecule has 7 nitrogen and oxygen atoms in total. The topological polar surface area (TPSA) is 122 Å². The maximum atomic E-state index is 11.6. The molecule has 17 heavy (non-hydrogen) atoms. The predicted octanol–water partition coefficient (Wildman–Crippen LogP) is -0.00840. The normalized spacial score (nSPS) is 9.41. The summed E-state index contributed by atoms with van der Waals surface area (Å²) in [6.07, 6.45) is 0. The van der Waals surface area contributed by atoms with Gasteiger partial charge < -0.3 is 21.5 Å². The van der Waals surface area contributed by atoms with Crippen LogP contribution in [-0.4, -0.2) is 29.6 Å². The standard InChI is InChI=1S/C10H11N3O4/c11-10(17)13-7-4-2-1-3-6(7)9(16)12-5-8(14)15/h1-4H,5H2,(H,12,16)(H,14,15)(H3,11,13,17). The van der Waals surface area contributed by atoms with Crippen molar-refractivity contribution in [2.75, 3.05) is 11.9 Å². The monoisotopic (exact) mass is 237 g/mol. The highest BCUT2D eigenvalue weighted by Crippen LogP contribution is 2.14. The van der Waals surface area contributed by atoms with Gasteiger partial charge in [-0.2, -0.15) is 0 Å². The lowest BCUT2D eigenvalue weighted by atomic mass is 10.1. The van der Waals surface area contributed by atoms with Gasteiger partial charge >= 0.3 is 12.0 Å². The number of nitrogens with two attached hydrogens (primary N) is 1. The first-order chi connectivity index (χ1) is 8.00. The molecule has 0 atom stereocenters. The van der Waals surface area contributed by atoms with Crippen molar-refractivity contribution in [1.82, 2.24) is 5.32 Å². The number of rotatable bonds is 4. The van der Waals surface area contributed by atoms with Gasteiger partial charge in [0.05, 0.1) is 11.3 Å². The third-order valence-corrected chi connectivity index (χ3v) is 1.83. The second-order valence-electron chi connectivity index (χ2n) is 3.11. The summed E-state index contributed by atoms with van der Waals surface area (Å²) >= 11 is 0. The molecule has 0 aromatic heterocycles. The molecule has 0 fully saturated rings. The SMILES string of the molecule is NC(=O)Nc1ccccc1C(=O)NCC(=O)O. The van der Waals surface area contributed by atoms with E-state index in [1.807, 2.05) is 0 Å². The number of benzene rings is 1. The molecule has 5 N–H and O–H groups in total. The number of anilines is 1. The van der Waals surface area contributed by atoms with Crippen LogP contribution in [0.1, 0.15) is 10.4 Å². The van der Waals surface area contributed by atoms with E-state index < -0.39 is 24.5 Å². The minimum absolute atomic E-state index is 0.146. The maximum absolute atomic E-state index is 11.6. The minimum atomic E-state index is -1.15. The molecule has 0 saturated heterocycles. The maximum Gasteiger partial charge on any atom is 0.322 e. The van der Waals surface area contributed by atoms with Crippen molar-refractivity contribution in [3.8, 4) is 0 Å². The molecule has 0 saturated carbocycles. The molecule has 7 heteroatoms. The van der Waals surface area contributed by atoms with E-state index >= 15 is 0 Å². The summed E-state index contributed by atoms with van der Waals surface area (Å²) in [7, 11) is 0.